The molecule has 72 valence electrons. The molecule has 0 aliphatic rings. The van der Waals surface area contributed by atoms with Gasteiger partial charge in [-0.15, -0.1) is 0 Å². The van der Waals surface area contributed by atoms with E-state index in [2.05, 4.69) is 36.2 Å². The predicted octanol–water partition coefficient (Wildman–Crippen LogP) is 1.98. The molecule has 1 aromatic carbocycles. The summed E-state index contributed by atoms with van der Waals surface area (Å²) in [4.78, 5) is 4.25. The van der Waals surface area contributed by atoms with Crippen LogP contribution in [-0.4, -0.2) is 9.55 Å². The van der Waals surface area contributed by atoms with Gasteiger partial charge in [-0.3, -0.25) is 0 Å². The first-order chi connectivity index (χ1) is 6.66. The van der Waals surface area contributed by atoms with Crippen molar-refractivity contribution in [3.05, 3.63) is 36.0 Å². The van der Waals surface area contributed by atoms with Crippen molar-refractivity contribution in [1.29, 1.82) is 0 Å². The zero-order valence-electron chi connectivity index (χ0n) is 8.36. The van der Waals surface area contributed by atoms with E-state index in [0.29, 0.717) is 5.82 Å². The van der Waals surface area contributed by atoms with E-state index in [4.69, 9.17) is 5.73 Å². The van der Waals surface area contributed by atoms with Crippen LogP contribution in [0.15, 0.2) is 30.5 Å². The van der Waals surface area contributed by atoms with Crippen LogP contribution < -0.4 is 5.73 Å². The fourth-order valence-electron chi connectivity index (χ4n) is 1.46. The molecule has 1 aromatic heterocycles. The molecular formula is C11H13N3. The lowest BCUT2D eigenvalue weighted by molar-refractivity contribution is 0.925. The third-order valence-corrected chi connectivity index (χ3v) is 2.20. The Morgan fingerprint density at radius 1 is 1.21 bits per heavy atom. The summed E-state index contributed by atoms with van der Waals surface area (Å²) in [5, 5.41) is 0. The molecule has 0 radical (unpaired) electrons. The van der Waals surface area contributed by atoms with Crippen molar-refractivity contribution in [3.8, 4) is 11.4 Å². The number of benzene rings is 1. The first-order valence-electron chi connectivity index (χ1n) is 4.52. The van der Waals surface area contributed by atoms with Gasteiger partial charge in [-0.1, -0.05) is 29.8 Å². The molecule has 0 saturated heterocycles. The summed E-state index contributed by atoms with van der Waals surface area (Å²) in [6.45, 7) is 2.07. The first kappa shape index (κ1) is 8.81. The van der Waals surface area contributed by atoms with Crippen molar-refractivity contribution in [3.63, 3.8) is 0 Å². The van der Waals surface area contributed by atoms with Gasteiger partial charge in [-0.2, -0.15) is 0 Å². The zero-order chi connectivity index (χ0) is 10.1. The number of hydrogen-bond acceptors (Lipinski definition) is 2. The maximum Gasteiger partial charge on any atom is 0.142 e. The zero-order valence-corrected chi connectivity index (χ0v) is 8.36. The number of nitrogens with two attached hydrogens (primary N) is 1. The Hall–Kier alpha value is -1.77. The SMILES string of the molecule is Cc1ccc(-c2nc(N)cn2C)cc1. The van der Waals surface area contributed by atoms with Crippen LogP contribution >= 0.6 is 0 Å². The second-order valence-electron chi connectivity index (χ2n) is 3.47. The fourth-order valence-corrected chi connectivity index (χ4v) is 1.46. The lowest BCUT2D eigenvalue weighted by Crippen LogP contribution is -1.90. The highest BCUT2D eigenvalue weighted by atomic mass is 15.1. The Morgan fingerprint density at radius 3 is 2.36 bits per heavy atom. The summed E-state index contributed by atoms with van der Waals surface area (Å²) in [5.74, 6) is 1.46. The van der Waals surface area contributed by atoms with E-state index in [9.17, 15) is 0 Å². The van der Waals surface area contributed by atoms with Crippen LogP contribution in [0.2, 0.25) is 0 Å². The quantitative estimate of drug-likeness (QED) is 0.741. The molecule has 14 heavy (non-hydrogen) atoms. The summed E-state index contributed by atoms with van der Waals surface area (Å²) in [5.41, 5.74) is 7.95. The number of aromatic nitrogens is 2. The van der Waals surface area contributed by atoms with Crippen LogP contribution in [-0.2, 0) is 7.05 Å². The molecule has 0 fully saturated rings. The molecule has 2 N–H and O–H groups in total. The van der Waals surface area contributed by atoms with E-state index in [1.165, 1.54) is 5.56 Å². The smallest absolute Gasteiger partial charge is 0.142 e. The lowest BCUT2D eigenvalue weighted by Gasteiger charge is -2.01. The van der Waals surface area contributed by atoms with Gasteiger partial charge in [-0.05, 0) is 6.92 Å². The normalized spacial score (nSPS) is 10.4. The average molecular weight is 187 g/mol. The number of anilines is 1. The first-order valence-corrected chi connectivity index (χ1v) is 4.52. The largest absolute Gasteiger partial charge is 0.382 e. The second kappa shape index (κ2) is 3.18. The van der Waals surface area contributed by atoms with Crippen molar-refractivity contribution >= 4 is 5.82 Å². The Bertz CT molecular complexity index is 440. The van der Waals surface area contributed by atoms with Gasteiger partial charge in [0.15, 0.2) is 0 Å². The predicted molar refractivity (Wildman–Crippen MR) is 57.8 cm³/mol. The topological polar surface area (TPSA) is 43.8 Å². The van der Waals surface area contributed by atoms with Gasteiger partial charge in [0.1, 0.15) is 11.6 Å². The number of nitrogens with zero attached hydrogens (tertiary/aromatic N) is 2. The van der Waals surface area contributed by atoms with E-state index in [1.807, 2.05) is 17.8 Å². The molecular weight excluding hydrogens is 174 g/mol. The Morgan fingerprint density at radius 2 is 1.86 bits per heavy atom. The summed E-state index contributed by atoms with van der Waals surface area (Å²) < 4.78 is 1.93. The summed E-state index contributed by atoms with van der Waals surface area (Å²) in [6.07, 6.45) is 1.81. The van der Waals surface area contributed by atoms with Gasteiger partial charge in [-0.25, -0.2) is 4.98 Å². The van der Waals surface area contributed by atoms with E-state index < -0.39 is 0 Å². The van der Waals surface area contributed by atoms with Gasteiger partial charge in [0, 0.05) is 18.8 Å². The number of rotatable bonds is 1. The minimum Gasteiger partial charge on any atom is -0.382 e. The van der Waals surface area contributed by atoms with Gasteiger partial charge >= 0.3 is 0 Å². The molecule has 3 heteroatoms. The van der Waals surface area contributed by atoms with Crippen LogP contribution in [0.1, 0.15) is 5.56 Å². The van der Waals surface area contributed by atoms with Gasteiger partial charge < -0.3 is 10.3 Å². The Balaban J connectivity index is 2.49. The minimum absolute atomic E-state index is 0.558. The molecule has 3 nitrogen and oxygen atoms in total. The second-order valence-corrected chi connectivity index (χ2v) is 3.47. The summed E-state index contributed by atoms with van der Waals surface area (Å²) in [6, 6.07) is 8.24. The highest BCUT2D eigenvalue weighted by molar-refractivity contribution is 5.58. The van der Waals surface area contributed by atoms with E-state index in [1.54, 1.807) is 0 Å². The van der Waals surface area contributed by atoms with Crippen molar-refractivity contribution < 1.29 is 0 Å². The number of imidazole rings is 1. The van der Waals surface area contributed by atoms with Gasteiger partial charge in [0.05, 0.1) is 0 Å². The molecule has 0 aliphatic carbocycles. The Kier molecular flexibility index (Phi) is 2.00. The number of hydrogen-bond donors (Lipinski definition) is 1. The van der Waals surface area contributed by atoms with Crippen molar-refractivity contribution in [2.24, 2.45) is 7.05 Å². The van der Waals surface area contributed by atoms with Gasteiger partial charge in [0.2, 0.25) is 0 Å². The Labute approximate surface area is 83.2 Å². The molecule has 1 heterocycles. The van der Waals surface area contributed by atoms with Crippen LogP contribution in [0, 0.1) is 6.92 Å². The van der Waals surface area contributed by atoms with Crippen LogP contribution in [0.3, 0.4) is 0 Å². The van der Waals surface area contributed by atoms with Gasteiger partial charge in [0.25, 0.3) is 0 Å². The maximum atomic E-state index is 5.61. The highest BCUT2D eigenvalue weighted by Gasteiger charge is 2.04. The summed E-state index contributed by atoms with van der Waals surface area (Å²) in [7, 11) is 1.94. The molecule has 0 bridgehead atoms. The van der Waals surface area contributed by atoms with Crippen LogP contribution in [0.25, 0.3) is 11.4 Å². The molecule has 2 aromatic rings. The maximum absolute atomic E-state index is 5.61. The molecule has 0 unspecified atom stereocenters. The standard InChI is InChI=1S/C11H13N3/c1-8-3-5-9(6-4-8)11-13-10(12)7-14(11)2/h3-7H,12H2,1-2H3. The van der Waals surface area contributed by atoms with E-state index >= 15 is 0 Å². The van der Waals surface area contributed by atoms with E-state index in [0.717, 1.165) is 11.4 Å². The molecule has 0 aliphatic heterocycles. The summed E-state index contributed by atoms with van der Waals surface area (Å²) >= 11 is 0. The van der Waals surface area contributed by atoms with Crippen molar-refractivity contribution in [2.45, 2.75) is 6.92 Å². The van der Waals surface area contributed by atoms with Crippen LogP contribution in [0.5, 0.6) is 0 Å². The van der Waals surface area contributed by atoms with E-state index in [-0.39, 0.29) is 0 Å². The minimum atomic E-state index is 0.558. The molecule has 0 saturated carbocycles. The molecule has 0 spiro atoms. The lowest BCUT2D eigenvalue weighted by atomic mass is 10.1. The molecule has 0 atom stereocenters. The third kappa shape index (κ3) is 1.48. The average Bonchev–Trinajstić information content (AvgIpc) is 2.47. The molecule has 2 rings (SSSR count). The molecule has 0 amide bonds. The number of aryl methyl sites for hydroxylation is 2. The number of nitrogen functional groups attached to an aromatic ring is 1. The van der Waals surface area contributed by atoms with Crippen molar-refractivity contribution in [2.75, 3.05) is 5.73 Å². The fraction of sp³-hybridized carbons (Fsp3) is 0.182. The highest BCUT2D eigenvalue weighted by Crippen LogP contribution is 2.18. The monoisotopic (exact) mass is 187 g/mol. The van der Waals surface area contributed by atoms with Crippen molar-refractivity contribution in [1.82, 2.24) is 9.55 Å². The third-order valence-electron chi connectivity index (χ3n) is 2.20. The van der Waals surface area contributed by atoms with Crippen LogP contribution in [0.4, 0.5) is 5.82 Å².